The van der Waals surface area contributed by atoms with Gasteiger partial charge >= 0.3 is 0 Å². The summed E-state index contributed by atoms with van der Waals surface area (Å²) in [4.78, 5) is 33.7. The van der Waals surface area contributed by atoms with Gasteiger partial charge in [-0.2, -0.15) is 0 Å². The van der Waals surface area contributed by atoms with Crippen molar-refractivity contribution in [1.82, 2.24) is 14.9 Å². The number of benzene rings is 1. The lowest BCUT2D eigenvalue weighted by Crippen LogP contribution is -2.31. The van der Waals surface area contributed by atoms with Crippen molar-refractivity contribution in [1.29, 1.82) is 0 Å². The molecular weight excluding hydrogens is 450 g/mol. The molecule has 33 heavy (non-hydrogen) atoms. The number of rotatable bonds is 6. The van der Waals surface area contributed by atoms with Crippen molar-refractivity contribution in [3.05, 3.63) is 56.7 Å². The van der Waals surface area contributed by atoms with E-state index in [0.29, 0.717) is 5.16 Å². The first kappa shape index (κ1) is 22.7. The molecule has 2 aliphatic rings. The maximum atomic E-state index is 13.8. The Hall–Kier alpha value is -2.12. The van der Waals surface area contributed by atoms with Crippen LogP contribution >= 0.6 is 23.1 Å². The number of thiophene rings is 1. The van der Waals surface area contributed by atoms with E-state index in [9.17, 15) is 9.59 Å². The predicted molar refractivity (Wildman–Crippen MR) is 136 cm³/mol. The number of aryl methyl sites for hydroxylation is 2. The van der Waals surface area contributed by atoms with Crippen LogP contribution in [0.3, 0.4) is 0 Å². The Bertz CT molecular complexity index is 1200. The zero-order valence-corrected chi connectivity index (χ0v) is 20.8. The van der Waals surface area contributed by atoms with Crippen molar-refractivity contribution >= 4 is 39.2 Å². The molecule has 1 N–H and O–H groups in total. The van der Waals surface area contributed by atoms with Gasteiger partial charge in [-0.25, -0.2) is 4.98 Å². The molecule has 2 aromatic heterocycles. The molecule has 0 saturated heterocycles. The van der Waals surface area contributed by atoms with Crippen LogP contribution in [0.25, 0.3) is 10.2 Å². The van der Waals surface area contributed by atoms with Crippen molar-refractivity contribution in [3.8, 4) is 0 Å². The van der Waals surface area contributed by atoms with Crippen LogP contribution in [0.4, 0.5) is 0 Å². The number of nitrogens with one attached hydrogen (secondary N) is 1. The summed E-state index contributed by atoms with van der Waals surface area (Å²) in [5.74, 6) is 0.221. The summed E-state index contributed by atoms with van der Waals surface area (Å²) in [7, 11) is 0. The monoisotopic (exact) mass is 481 g/mol. The third-order valence-corrected chi connectivity index (χ3v) is 9.08. The molecule has 7 heteroatoms. The molecule has 3 aromatic rings. The van der Waals surface area contributed by atoms with Crippen LogP contribution in [0.5, 0.6) is 0 Å². The van der Waals surface area contributed by atoms with Crippen LogP contribution in [-0.4, -0.2) is 21.2 Å². The number of amides is 1. The molecule has 1 aromatic carbocycles. The van der Waals surface area contributed by atoms with Gasteiger partial charge in [-0.1, -0.05) is 61.4 Å². The maximum absolute atomic E-state index is 13.8. The Morgan fingerprint density at radius 2 is 1.91 bits per heavy atom. The van der Waals surface area contributed by atoms with Gasteiger partial charge in [0, 0.05) is 10.9 Å². The first-order valence-electron chi connectivity index (χ1n) is 12.2. The van der Waals surface area contributed by atoms with E-state index in [2.05, 4.69) is 5.32 Å². The molecule has 174 valence electrons. The molecule has 5 nitrogen and oxygen atoms in total. The molecule has 0 spiro atoms. The maximum Gasteiger partial charge on any atom is 0.263 e. The third-order valence-electron chi connectivity index (χ3n) is 6.94. The van der Waals surface area contributed by atoms with E-state index in [4.69, 9.17) is 4.98 Å². The highest BCUT2D eigenvalue weighted by Crippen LogP contribution is 2.37. The number of carbonyl (C=O) groups excluding carboxylic acids is 1. The normalized spacial score (nSPS) is 17.6. The fourth-order valence-electron chi connectivity index (χ4n) is 5.20. The van der Waals surface area contributed by atoms with E-state index in [1.807, 2.05) is 41.8 Å². The van der Waals surface area contributed by atoms with Gasteiger partial charge in [-0.05, 0) is 56.6 Å². The highest BCUT2D eigenvalue weighted by atomic mass is 32.2. The van der Waals surface area contributed by atoms with Crippen molar-refractivity contribution < 1.29 is 4.79 Å². The molecule has 1 saturated carbocycles. The third kappa shape index (κ3) is 4.76. The summed E-state index contributed by atoms with van der Waals surface area (Å²) in [6, 6.07) is 10.1. The van der Waals surface area contributed by atoms with Crippen molar-refractivity contribution in [2.45, 2.75) is 82.0 Å². The minimum absolute atomic E-state index is 0.0358. The Morgan fingerprint density at radius 1 is 1.15 bits per heavy atom. The average molecular weight is 482 g/mol. The first-order valence-corrected chi connectivity index (χ1v) is 14.0. The summed E-state index contributed by atoms with van der Waals surface area (Å²) in [6.45, 7) is 2.00. The number of hydrogen-bond donors (Lipinski definition) is 1. The zero-order valence-electron chi connectivity index (χ0n) is 19.1. The molecule has 1 atom stereocenters. The van der Waals surface area contributed by atoms with Gasteiger partial charge in [-0.3, -0.25) is 14.2 Å². The average Bonchev–Trinajstić information content (AvgIpc) is 3.22. The van der Waals surface area contributed by atoms with Crippen LogP contribution in [0, 0.1) is 0 Å². The summed E-state index contributed by atoms with van der Waals surface area (Å²) >= 11 is 3.09. The summed E-state index contributed by atoms with van der Waals surface area (Å²) in [5, 5.41) is 4.65. The number of fused-ring (bicyclic) bond motifs is 3. The highest BCUT2D eigenvalue weighted by molar-refractivity contribution is 7.99. The Balaban J connectivity index is 1.42. The van der Waals surface area contributed by atoms with Gasteiger partial charge in [0.05, 0.1) is 17.2 Å². The Kier molecular flexibility index (Phi) is 6.88. The zero-order chi connectivity index (χ0) is 22.8. The molecule has 0 bridgehead atoms. The number of carbonyl (C=O) groups is 1. The van der Waals surface area contributed by atoms with Crippen LogP contribution in [0.1, 0.15) is 80.0 Å². The van der Waals surface area contributed by atoms with E-state index in [1.54, 1.807) is 11.3 Å². The molecule has 0 radical (unpaired) electrons. The van der Waals surface area contributed by atoms with Gasteiger partial charge in [0.15, 0.2) is 5.16 Å². The largest absolute Gasteiger partial charge is 0.349 e. The quantitative estimate of drug-likeness (QED) is 0.356. The molecule has 0 aliphatic heterocycles. The van der Waals surface area contributed by atoms with Crippen LogP contribution in [0.15, 0.2) is 40.3 Å². The number of hydrogen-bond acceptors (Lipinski definition) is 5. The van der Waals surface area contributed by atoms with E-state index in [1.165, 1.54) is 35.0 Å². The second-order valence-electron chi connectivity index (χ2n) is 9.24. The Labute approximate surface area is 203 Å². The molecule has 0 unspecified atom stereocenters. The van der Waals surface area contributed by atoms with Gasteiger partial charge in [-0.15, -0.1) is 11.3 Å². The van der Waals surface area contributed by atoms with Gasteiger partial charge in [0.1, 0.15) is 4.83 Å². The smallest absolute Gasteiger partial charge is 0.263 e. The van der Waals surface area contributed by atoms with Gasteiger partial charge < -0.3 is 5.32 Å². The van der Waals surface area contributed by atoms with Crippen LogP contribution in [0.2, 0.25) is 0 Å². The minimum Gasteiger partial charge on any atom is -0.349 e. The molecule has 5 rings (SSSR count). The lowest BCUT2D eigenvalue weighted by molar-refractivity contribution is -0.119. The van der Waals surface area contributed by atoms with Crippen LogP contribution < -0.4 is 10.9 Å². The van der Waals surface area contributed by atoms with Crippen molar-refractivity contribution in [3.63, 3.8) is 0 Å². The van der Waals surface area contributed by atoms with E-state index < -0.39 is 0 Å². The highest BCUT2D eigenvalue weighted by Gasteiger charge is 2.26. The fourth-order valence-corrected chi connectivity index (χ4v) is 7.38. The van der Waals surface area contributed by atoms with Gasteiger partial charge in [0.2, 0.25) is 5.91 Å². The SMILES string of the molecule is C[C@H](NC(=O)CSc1nc2sc3c(c2c(=O)n1C1CCCCC1)CCCC3)c1ccccc1. The lowest BCUT2D eigenvalue weighted by Gasteiger charge is -2.26. The molecule has 2 heterocycles. The first-order chi connectivity index (χ1) is 16.1. The summed E-state index contributed by atoms with van der Waals surface area (Å²) < 4.78 is 1.95. The summed E-state index contributed by atoms with van der Waals surface area (Å²) in [5.41, 5.74) is 2.44. The molecule has 2 aliphatic carbocycles. The summed E-state index contributed by atoms with van der Waals surface area (Å²) in [6.07, 6.45) is 9.96. The van der Waals surface area contributed by atoms with E-state index in [-0.39, 0.29) is 29.3 Å². The topological polar surface area (TPSA) is 64.0 Å². The standard InChI is InChI=1S/C26H31N3O2S2/c1-17(18-10-4-2-5-11-18)27-22(30)16-32-26-28-24-23(20-14-8-9-15-21(20)33-24)25(31)29(26)19-12-6-3-7-13-19/h2,4-5,10-11,17,19H,3,6-9,12-16H2,1H3,(H,27,30)/t17-/m0/s1. The van der Waals surface area contributed by atoms with Crippen LogP contribution in [-0.2, 0) is 17.6 Å². The molecular formula is C26H31N3O2S2. The molecule has 1 amide bonds. The predicted octanol–water partition coefficient (Wildman–Crippen LogP) is 5.81. The number of thioether (sulfide) groups is 1. The second kappa shape index (κ2) is 10.0. The lowest BCUT2D eigenvalue weighted by atomic mass is 9.94. The fraction of sp³-hybridized carbons (Fsp3) is 0.500. The minimum atomic E-state index is -0.0562. The number of nitrogens with zero attached hydrogens (tertiary/aromatic N) is 2. The number of aromatic nitrogens is 2. The van der Waals surface area contributed by atoms with E-state index in [0.717, 1.165) is 60.7 Å². The van der Waals surface area contributed by atoms with E-state index >= 15 is 0 Å². The second-order valence-corrected chi connectivity index (χ2v) is 11.3. The van der Waals surface area contributed by atoms with Crippen molar-refractivity contribution in [2.24, 2.45) is 0 Å². The Morgan fingerprint density at radius 3 is 2.70 bits per heavy atom. The van der Waals surface area contributed by atoms with Crippen molar-refractivity contribution in [2.75, 3.05) is 5.75 Å². The van der Waals surface area contributed by atoms with Gasteiger partial charge in [0.25, 0.3) is 5.56 Å². The molecule has 1 fully saturated rings.